The summed E-state index contributed by atoms with van der Waals surface area (Å²) in [5.41, 5.74) is 2.90. The molecule has 0 aliphatic carbocycles. The lowest BCUT2D eigenvalue weighted by Gasteiger charge is -2.17. The van der Waals surface area contributed by atoms with Crippen molar-refractivity contribution in [3.8, 4) is 11.5 Å². The molecular weight excluding hydrogens is 396 g/mol. The second-order valence-electron chi connectivity index (χ2n) is 7.49. The topological polar surface area (TPSA) is 51.1 Å². The molecule has 6 heteroatoms. The highest BCUT2D eigenvalue weighted by Crippen LogP contribution is 2.36. The zero-order chi connectivity index (χ0) is 21.7. The highest BCUT2D eigenvalue weighted by molar-refractivity contribution is 8.18. The summed E-state index contributed by atoms with van der Waals surface area (Å²) >= 11 is 1.41. The molecule has 1 saturated heterocycles. The van der Waals surface area contributed by atoms with Gasteiger partial charge in [-0.2, -0.15) is 0 Å². The molecule has 2 aromatic rings. The van der Waals surface area contributed by atoms with Crippen LogP contribution < -0.4 is 9.47 Å². The van der Waals surface area contributed by atoms with Crippen LogP contribution in [0, 0.1) is 12.8 Å². The highest BCUT2D eigenvalue weighted by Gasteiger charge is 2.33. The lowest BCUT2D eigenvalue weighted by molar-refractivity contribution is -0.122. The van der Waals surface area contributed by atoms with Crippen LogP contribution in [0.25, 0.3) is 6.08 Å². The maximum atomic E-state index is 13.1. The van der Waals surface area contributed by atoms with Crippen molar-refractivity contribution in [2.75, 3.05) is 20.3 Å². The predicted molar refractivity (Wildman–Crippen MR) is 125 cm³/mol. The average molecular weight is 425 g/mol. The van der Waals surface area contributed by atoms with Crippen molar-refractivity contribution in [1.82, 2.24) is 4.90 Å². The van der Waals surface area contributed by atoms with E-state index in [1.807, 2.05) is 62.4 Å². The Morgan fingerprint density at radius 1 is 1.13 bits per heavy atom. The van der Waals surface area contributed by atoms with Gasteiger partial charge in [-0.25, -0.2) is 4.99 Å². The molecule has 1 aliphatic heterocycles. The van der Waals surface area contributed by atoms with Crippen LogP contribution in [-0.2, 0) is 4.79 Å². The van der Waals surface area contributed by atoms with Gasteiger partial charge in [-0.15, -0.1) is 0 Å². The summed E-state index contributed by atoms with van der Waals surface area (Å²) in [4.78, 5) is 20.3. The molecular formula is C24H28N2O3S. The fourth-order valence-electron chi connectivity index (χ4n) is 3.05. The van der Waals surface area contributed by atoms with Gasteiger partial charge in [-0.1, -0.05) is 37.6 Å². The van der Waals surface area contributed by atoms with Crippen LogP contribution in [0.1, 0.15) is 31.9 Å². The number of hydrogen-bond donors (Lipinski definition) is 0. The number of methoxy groups -OCH3 is 1. The zero-order valence-electron chi connectivity index (χ0n) is 18.1. The Morgan fingerprint density at radius 3 is 2.50 bits per heavy atom. The van der Waals surface area contributed by atoms with Gasteiger partial charge in [0.05, 0.1) is 24.3 Å². The standard InChI is InChI=1S/C24H28N2O3S/c1-6-29-20-12-9-18(13-21(20)28-5)14-22-23(27)26(15-16(2)3)24(30-22)25-19-10-7-17(4)8-11-19/h7-14,16H,6,15H2,1-5H3/b22-14+,25-24?. The number of aryl methyl sites for hydroxylation is 1. The molecule has 0 atom stereocenters. The predicted octanol–water partition coefficient (Wildman–Crippen LogP) is 5.66. The van der Waals surface area contributed by atoms with Gasteiger partial charge in [0.15, 0.2) is 16.7 Å². The lowest BCUT2D eigenvalue weighted by Crippen LogP contribution is -2.32. The van der Waals surface area contributed by atoms with Gasteiger partial charge in [0.25, 0.3) is 5.91 Å². The number of amidine groups is 1. The normalized spacial score (nSPS) is 16.7. The molecule has 0 spiro atoms. The molecule has 0 radical (unpaired) electrons. The fraction of sp³-hybridized carbons (Fsp3) is 0.333. The third-order valence-electron chi connectivity index (χ3n) is 4.48. The number of nitrogens with zero attached hydrogens (tertiary/aromatic N) is 2. The molecule has 1 heterocycles. The molecule has 0 N–H and O–H groups in total. The van der Waals surface area contributed by atoms with E-state index in [1.54, 1.807) is 12.0 Å². The smallest absolute Gasteiger partial charge is 0.266 e. The van der Waals surface area contributed by atoms with E-state index in [0.717, 1.165) is 11.3 Å². The van der Waals surface area contributed by atoms with Gasteiger partial charge in [0.1, 0.15) is 0 Å². The zero-order valence-corrected chi connectivity index (χ0v) is 19.0. The third-order valence-corrected chi connectivity index (χ3v) is 5.49. The molecule has 158 valence electrons. The molecule has 30 heavy (non-hydrogen) atoms. The molecule has 3 rings (SSSR count). The van der Waals surface area contributed by atoms with Gasteiger partial charge >= 0.3 is 0 Å². The average Bonchev–Trinajstić information content (AvgIpc) is 2.99. The first-order valence-electron chi connectivity index (χ1n) is 10.1. The number of aliphatic imine (C=N–C) groups is 1. The van der Waals surface area contributed by atoms with E-state index in [1.165, 1.54) is 17.3 Å². The number of carbonyl (C=O) groups is 1. The fourth-order valence-corrected chi connectivity index (χ4v) is 4.06. The van der Waals surface area contributed by atoms with E-state index in [0.29, 0.717) is 40.6 Å². The minimum atomic E-state index is -0.0209. The number of carbonyl (C=O) groups excluding carboxylic acids is 1. The maximum Gasteiger partial charge on any atom is 0.266 e. The monoisotopic (exact) mass is 424 g/mol. The van der Waals surface area contributed by atoms with Crippen molar-refractivity contribution in [3.05, 3.63) is 58.5 Å². The van der Waals surface area contributed by atoms with Crippen LogP contribution >= 0.6 is 11.8 Å². The summed E-state index contributed by atoms with van der Waals surface area (Å²) in [5.74, 6) is 1.65. The lowest BCUT2D eigenvalue weighted by atomic mass is 10.1. The second-order valence-corrected chi connectivity index (χ2v) is 8.50. The number of benzene rings is 2. The summed E-state index contributed by atoms with van der Waals surface area (Å²) < 4.78 is 11.0. The molecule has 5 nitrogen and oxygen atoms in total. The van der Waals surface area contributed by atoms with E-state index in [2.05, 4.69) is 13.8 Å². The summed E-state index contributed by atoms with van der Waals surface area (Å²) in [6.45, 7) is 9.36. The largest absolute Gasteiger partial charge is 0.493 e. The molecule has 0 aromatic heterocycles. The van der Waals surface area contributed by atoms with Crippen molar-refractivity contribution in [2.45, 2.75) is 27.7 Å². The van der Waals surface area contributed by atoms with Gasteiger partial charge in [-0.3, -0.25) is 9.69 Å². The van der Waals surface area contributed by atoms with Crippen molar-refractivity contribution in [2.24, 2.45) is 10.9 Å². The van der Waals surface area contributed by atoms with Gasteiger partial charge in [0, 0.05) is 6.54 Å². The van der Waals surface area contributed by atoms with Crippen molar-refractivity contribution in [3.63, 3.8) is 0 Å². The Labute approximate surface area is 182 Å². The minimum absolute atomic E-state index is 0.0209. The molecule has 0 saturated carbocycles. The van der Waals surface area contributed by atoms with Gasteiger partial charge in [-0.05, 0) is 67.4 Å². The number of amides is 1. The Bertz CT molecular complexity index is 965. The summed E-state index contributed by atoms with van der Waals surface area (Å²) in [5, 5.41) is 0.710. The Kier molecular flexibility index (Phi) is 7.21. The van der Waals surface area contributed by atoms with Gasteiger partial charge in [0.2, 0.25) is 0 Å². The summed E-state index contributed by atoms with van der Waals surface area (Å²) in [6, 6.07) is 13.7. The van der Waals surface area contributed by atoms with Gasteiger partial charge < -0.3 is 9.47 Å². The molecule has 0 unspecified atom stereocenters. The number of ether oxygens (including phenoxy) is 2. The summed E-state index contributed by atoms with van der Waals surface area (Å²) in [6.07, 6.45) is 1.89. The highest BCUT2D eigenvalue weighted by atomic mass is 32.2. The number of thioether (sulfide) groups is 1. The van der Waals surface area contributed by atoms with Crippen molar-refractivity contribution < 1.29 is 14.3 Å². The van der Waals surface area contributed by atoms with E-state index in [9.17, 15) is 4.79 Å². The third kappa shape index (κ3) is 5.25. The van der Waals surface area contributed by atoms with E-state index in [4.69, 9.17) is 14.5 Å². The molecule has 1 fully saturated rings. The van der Waals surface area contributed by atoms with E-state index < -0.39 is 0 Å². The minimum Gasteiger partial charge on any atom is -0.493 e. The number of hydrogen-bond acceptors (Lipinski definition) is 5. The van der Waals surface area contributed by atoms with Crippen LogP contribution in [0.15, 0.2) is 52.4 Å². The Balaban J connectivity index is 1.93. The van der Waals surface area contributed by atoms with Crippen LogP contribution in [0.2, 0.25) is 0 Å². The maximum absolute atomic E-state index is 13.1. The van der Waals surface area contributed by atoms with Crippen LogP contribution in [-0.4, -0.2) is 36.2 Å². The van der Waals surface area contributed by atoms with Crippen LogP contribution in [0.5, 0.6) is 11.5 Å². The second kappa shape index (κ2) is 9.85. The van der Waals surface area contributed by atoms with Crippen molar-refractivity contribution in [1.29, 1.82) is 0 Å². The summed E-state index contributed by atoms with van der Waals surface area (Å²) in [7, 11) is 1.61. The molecule has 1 aliphatic rings. The van der Waals surface area contributed by atoms with E-state index >= 15 is 0 Å². The van der Waals surface area contributed by atoms with Crippen LogP contribution in [0.4, 0.5) is 5.69 Å². The first-order chi connectivity index (χ1) is 14.4. The first kappa shape index (κ1) is 22.0. The first-order valence-corrected chi connectivity index (χ1v) is 10.9. The quantitative estimate of drug-likeness (QED) is 0.538. The SMILES string of the molecule is CCOc1ccc(/C=C2/SC(=Nc3ccc(C)cc3)N(CC(C)C)C2=O)cc1OC. The Hall–Kier alpha value is -2.73. The van der Waals surface area contributed by atoms with Crippen molar-refractivity contribution >= 4 is 34.6 Å². The van der Waals surface area contributed by atoms with Crippen LogP contribution in [0.3, 0.4) is 0 Å². The van der Waals surface area contributed by atoms with E-state index in [-0.39, 0.29) is 5.91 Å². The Morgan fingerprint density at radius 2 is 1.87 bits per heavy atom. The number of rotatable bonds is 7. The molecule has 1 amide bonds. The molecule has 2 aromatic carbocycles. The molecule has 0 bridgehead atoms.